The van der Waals surface area contributed by atoms with E-state index in [1.807, 2.05) is 6.07 Å². The summed E-state index contributed by atoms with van der Waals surface area (Å²) in [5, 5.41) is 0. The lowest BCUT2D eigenvalue weighted by molar-refractivity contribution is 0.320. The van der Waals surface area contributed by atoms with Crippen molar-refractivity contribution in [2.45, 2.75) is 13.3 Å². The molecule has 0 saturated carbocycles. The van der Waals surface area contributed by atoms with E-state index in [9.17, 15) is 0 Å². The second-order valence-electron chi connectivity index (χ2n) is 2.76. The molecule has 2 rings (SSSR count). The molecule has 13 heavy (non-hydrogen) atoms. The van der Waals surface area contributed by atoms with Crippen molar-refractivity contribution in [1.29, 1.82) is 0 Å². The summed E-state index contributed by atoms with van der Waals surface area (Å²) in [6.45, 7) is 2.80. The van der Waals surface area contributed by atoms with Crippen molar-refractivity contribution in [2.24, 2.45) is 0 Å². The van der Waals surface area contributed by atoms with Crippen molar-refractivity contribution in [2.75, 3.05) is 6.61 Å². The molecule has 0 saturated heterocycles. The molecule has 0 aliphatic carbocycles. The number of aromatic nitrogens is 3. The van der Waals surface area contributed by atoms with Crippen LogP contribution in [0.15, 0.2) is 18.6 Å². The number of ether oxygens (including phenoxy) is 1. The van der Waals surface area contributed by atoms with Gasteiger partial charge in [0.05, 0.1) is 12.9 Å². The monoisotopic (exact) mass is 177 g/mol. The summed E-state index contributed by atoms with van der Waals surface area (Å²) in [6.07, 6.45) is 4.32. The molecule has 2 heterocycles. The zero-order valence-electron chi connectivity index (χ0n) is 7.45. The number of hydrogen-bond acceptors (Lipinski definition) is 3. The molecule has 0 atom stereocenters. The second kappa shape index (κ2) is 3.43. The van der Waals surface area contributed by atoms with E-state index < -0.39 is 0 Å². The van der Waals surface area contributed by atoms with Gasteiger partial charge in [-0.2, -0.15) is 0 Å². The minimum atomic E-state index is 0.702. The maximum absolute atomic E-state index is 5.52. The third kappa shape index (κ3) is 1.47. The average molecular weight is 177 g/mol. The Morgan fingerprint density at radius 1 is 1.46 bits per heavy atom. The molecule has 4 nitrogen and oxygen atoms in total. The summed E-state index contributed by atoms with van der Waals surface area (Å²) in [5.41, 5.74) is 1.57. The highest BCUT2D eigenvalue weighted by Gasteiger charge is 2.03. The Kier molecular flexibility index (Phi) is 2.12. The Bertz CT molecular complexity index is 396. The van der Waals surface area contributed by atoms with Crippen LogP contribution in [-0.4, -0.2) is 21.6 Å². The van der Waals surface area contributed by atoms with Gasteiger partial charge < -0.3 is 9.72 Å². The molecular formula is C9H11N3O. The molecule has 0 unspecified atom stereocenters. The highest BCUT2D eigenvalue weighted by molar-refractivity contribution is 5.76. The van der Waals surface area contributed by atoms with Crippen LogP contribution in [0.4, 0.5) is 0 Å². The zero-order valence-corrected chi connectivity index (χ0v) is 7.45. The van der Waals surface area contributed by atoms with Crippen molar-refractivity contribution in [3.05, 3.63) is 18.6 Å². The highest BCUT2D eigenvalue weighted by atomic mass is 16.5. The smallest absolute Gasteiger partial charge is 0.181 e. The van der Waals surface area contributed by atoms with Gasteiger partial charge in [-0.15, -0.1) is 0 Å². The largest absolute Gasteiger partial charge is 0.491 e. The number of aromatic amines is 1. The van der Waals surface area contributed by atoms with Gasteiger partial charge in [0.2, 0.25) is 0 Å². The number of nitrogens with zero attached hydrogens (tertiary/aromatic N) is 2. The van der Waals surface area contributed by atoms with Crippen LogP contribution < -0.4 is 4.74 Å². The predicted octanol–water partition coefficient (Wildman–Crippen LogP) is 1.75. The molecule has 0 radical (unpaired) electrons. The number of nitrogens with one attached hydrogen (secondary N) is 1. The number of pyridine rings is 1. The third-order valence-electron chi connectivity index (χ3n) is 1.75. The van der Waals surface area contributed by atoms with Crippen molar-refractivity contribution in [1.82, 2.24) is 15.0 Å². The average Bonchev–Trinajstić information content (AvgIpc) is 2.62. The van der Waals surface area contributed by atoms with Gasteiger partial charge >= 0.3 is 0 Å². The van der Waals surface area contributed by atoms with E-state index in [0.717, 1.165) is 24.3 Å². The fourth-order valence-corrected chi connectivity index (χ4v) is 1.16. The topological polar surface area (TPSA) is 50.8 Å². The first-order chi connectivity index (χ1) is 6.42. The molecule has 2 aromatic heterocycles. The summed E-state index contributed by atoms with van der Waals surface area (Å²) in [4.78, 5) is 11.1. The lowest BCUT2D eigenvalue weighted by Gasteiger charge is -2.03. The first-order valence-corrected chi connectivity index (χ1v) is 4.32. The van der Waals surface area contributed by atoms with Gasteiger partial charge in [0.15, 0.2) is 5.65 Å². The van der Waals surface area contributed by atoms with E-state index >= 15 is 0 Å². The Hall–Kier alpha value is -1.58. The van der Waals surface area contributed by atoms with E-state index in [1.54, 1.807) is 12.5 Å². The molecule has 2 aromatic rings. The summed E-state index contributed by atoms with van der Waals surface area (Å²) in [6, 6.07) is 1.84. The molecule has 1 N–H and O–H groups in total. The van der Waals surface area contributed by atoms with Crippen LogP contribution in [-0.2, 0) is 0 Å². The fraction of sp³-hybridized carbons (Fsp3) is 0.333. The first-order valence-electron chi connectivity index (χ1n) is 4.32. The maximum Gasteiger partial charge on any atom is 0.181 e. The van der Waals surface area contributed by atoms with E-state index in [4.69, 9.17) is 4.74 Å². The van der Waals surface area contributed by atoms with Gasteiger partial charge in [-0.1, -0.05) is 6.92 Å². The van der Waals surface area contributed by atoms with Crippen molar-refractivity contribution >= 4 is 11.2 Å². The van der Waals surface area contributed by atoms with Crippen molar-refractivity contribution in [3.8, 4) is 5.75 Å². The van der Waals surface area contributed by atoms with Gasteiger partial charge in [0, 0.05) is 12.3 Å². The van der Waals surface area contributed by atoms with Crippen LogP contribution in [0.2, 0.25) is 0 Å². The molecule has 0 bridgehead atoms. The Balaban J connectivity index is 2.37. The lowest BCUT2D eigenvalue weighted by atomic mass is 10.4. The molecule has 0 aromatic carbocycles. The van der Waals surface area contributed by atoms with E-state index in [-0.39, 0.29) is 0 Å². The molecule has 0 fully saturated rings. The number of rotatable bonds is 3. The number of hydrogen-bond donors (Lipinski definition) is 1. The third-order valence-corrected chi connectivity index (χ3v) is 1.75. The summed E-state index contributed by atoms with van der Waals surface area (Å²) in [7, 11) is 0. The minimum absolute atomic E-state index is 0.702. The zero-order chi connectivity index (χ0) is 9.10. The van der Waals surface area contributed by atoms with Crippen LogP contribution >= 0.6 is 0 Å². The standard InChI is InChI=1S/C9H11N3O/c1-2-5-13-7-3-4-10-9-8(7)11-6-12-9/h3-4,6H,2,5H2,1H3,(H,10,11,12). The highest BCUT2D eigenvalue weighted by Crippen LogP contribution is 2.19. The molecular weight excluding hydrogens is 166 g/mol. The summed E-state index contributed by atoms with van der Waals surface area (Å²) < 4.78 is 5.52. The number of imidazole rings is 1. The second-order valence-corrected chi connectivity index (χ2v) is 2.76. The minimum Gasteiger partial charge on any atom is -0.491 e. The van der Waals surface area contributed by atoms with Crippen molar-refractivity contribution < 1.29 is 4.74 Å². The Morgan fingerprint density at radius 2 is 2.38 bits per heavy atom. The molecule has 0 aliphatic heterocycles. The van der Waals surface area contributed by atoms with Crippen molar-refractivity contribution in [3.63, 3.8) is 0 Å². The van der Waals surface area contributed by atoms with Gasteiger partial charge in [-0.25, -0.2) is 9.97 Å². The van der Waals surface area contributed by atoms with Gasteiger partial charge in [-0.3, -0.25) is 0 Å². The number of fused-ring (bicyclic) bond motifs is 1. The van der Waals surface area contributed by atoms with Gasteiger partial charge in [0.25, 0.3) is 0 Å². The molecule has 4 heteroatoms. The SMILES string of the molecule is CCCOc1ccnc2nc[nH]c12. The quantitative estimate of drug-likeness (QED) is 0.777. The van der Waals surface area contributed by atoms with E-state index in [0.29, 0.717) is 5.65 Å². The summed E-state index contributed by atoms with van der Waals surface area (Å²) in [5.74, 6) is 0.823. The van der Waals surface area contributed by atoms with Crippen LogP contribution in [0.3, 0.4) is 0 Å². The van der Waals surface area contributed by atoms with Crippen LogP contribution in [0.5, 0.6) is 5.75 Å². The Morgan fingerprint density at radius 3 is 3.23 bits per heavy atom. The maximum atomic E-state index is 5.52. The molecule has 0 aliphatic rings. The molecule has 0 spiro atoms. The van der Waals surface area contributed by atoms with Crippen LogP contribution in [0.1, 0.15) is 13.3 Å². The van der Waals surface area contributed by atoms with E-state index in [2.05, 4.69) is 21.9 Å². The fourth-order valence-electron chi connectivity index (χ4n) is 1.16. The number of H-pyrrole nitrogens is 1. The van der Waals surface area contributed by atoms with Crippen LogP contribution in [0, 0.1) is 0 Å². The molecule has 0 amide bonds. The first kappa shape index (κ1) is 8.04. The molecule has 68 valence electrons. The van der Waals surface area contributed by atoms with E-state index in [1.165, 1.54) is 0 Å². The lowest BCUT2D eigenvalue weighted by Crippen LogP contribution is -1.95. The normalized spacial score (nSPS) is 10.5. The Labute approximate surface area is 76.0 Å². The predicted molar refractivity (Wildman–Crippen MR) is 49.7 cm³/mol. The van der Waals surface area contributed by atoms with Gasteiger partial charge in [0.1, 0.15) is 11.3 Å². The van der Waals surface area contributed by atoms with Gasteiger partial charge in [-0.05, 0) is 6.42 Å². The summed E-state index contributed by atoms with van der Waals surface area (Å²) >= 11 is 0. The van der Waals surface area contributed by atoms with Crippen LogP contribution in [0.25, 0.3) is 11.2 Å².